The van der Waals surface area contributed by atoms with Crippen LogP contribution in [0.25, 0.3) is 5.76 Å². The van der Waals surface area contributed by atoms with Gasteiger partial charge in [0.1, 0.15) is 11.5 Å². The number of likely N-dealkylation sites (tertiary alicyclic amines) is 1. The molecule has 196 valence electrons. The summed E-state index contributed by atoms with van der Waals surface area (Å²) in [5.41, 5.74) is 0.484. The van der Waals surface area contributed by atoms with Gasteiger partial charge in [0.05, 0.1) is 36.4 Å². The molecule has 2 aromatic rings. The van der Waals surface area contributed by atoms with Crippen molar-refractivity contribution in [1.29, 1.82) is 0 Å². The third-order valence-corrected chi connectivity index (χ3v) is 6.59. The molecule has 37 heavy (non-hydrogen) atoms. The molecule has 0 bridgehead atoms. The lowest BCUT2D eigenvalue weighted by Crippen LogP contribution is -2.42. The summed E-state index contributed by atoms with van der Waals surface area (Å²) in [4.78, 5) is 40.8. The van der Waals surface area contributed by atoms with Gasteiger partial charge in [-0.3, -0.25) is 24.6 Å². The first kappa shape index (κ1) is 26.3. The number of nitro groups is 1. The topological polar surface area (TPSA) is 122 Å². The fourth-order valence-corrected chi connectivity index (χ4v) is 4.54. The first-order valence-electron chi connectivity index (χ1n) is 12.5. The molecule has 2 fully saturated rings. The normalized spacial score (nSPS) is 19.8. The number of carbonyl (C=O) groups excluding carboxylic acids is 2. The van der Waals surface area contributed by atoms with Crippen LogP contribution in [0.5, 0.6) is 5.75 Å². The molecule has 1 atom stereocenters. The van der Waals surface area contributed by atoms with Crippen LogP contribution in [0.2, 0.25) is 0 Å². The van der Waals surface area contributed by atoms with Crippen LogP contribution < -0.4 is 4.74 Å². The lowest BCUT2D eigenvalue weighted by molar-refractivity contribution is -0.384. The van der Waals surface area contributed by atoms with Crippen molar-refractivity contribution in [1.82, 2.24) is 9.80 Å². The highest BCUT2D eigenvalue weighted by molar-refractivity contribution is 6.46. The predicted molar refractivity (Wildman–Crippen MR) is 136 cm³/mol. The Morgan fingerprint density at radius 3 is 2.54 bits per heavy atom. The van der Waals surface area contributed by atoms with Gasteiger partial charge < -0.3 is 19.5 Å². The molecule has 0 saturated carbocycles. The Balaban J connectivity index is 1.69. The van der Waals surface area contributed by atoms with Crippen molar-refractivity contribution < 1.29 is 29.1 Å². The molecular formula is C27H31N3O7. The number of morpholine rings is 1. The third kappa shape index (κ3) is 5.98. The molecule has 10 heteroatoms. The Hall–Kier alpha value is -3.76. The molecule has 0 spiro atoms. The van der Waals surface area contributed by atoms with Crippen molar-refractivity contribution in [3.63, 3.8) is 0 Å². The summed E-state index contributed by atoms with van der Waals surface area (Å²) < 4.78 is 11.1. The SMILES string of the molecule is CCCCOc1ccc(/C(O)=C2\C(=O)C(=O)N(CCN3CCOCC3)C2c2cccc([N+](=O)[O-])c2)cc1. The van der Waals surface area contributed by atoms with Gasteiger partial charge >= 0.3 is 0 Å². The van der Waals surface area contributed by atoms with Crippen molar-refractivity contribution in [3.8, 4) is 5.75 Å². The van der Waals surface area contributed by atoms with Crippen LogP contribution >= 0.6 is 0 Å². The second-order valence-electron chi connectivity index (χ2n) is 9.02. The highest BCUT2D eigenvalue weighted by atomic mass is 16.6. The Morgan fingerprint density at radius 2 is 1.86 bits per heavy atom. The van der Waals surface area contributed by atoms with Gasteiger partial charge in [-0.05, 0) is 36.2 Å². The Labute approximate surface area is 215 Å². The van der Waals surface area contributed by atoms with Crippen LogP contribution in [0, 0.1) is 10.1 Å². The van der Waals surface area contributed by atoms with Crippen LogP contribution in [0.1, 0.15) is 36.9 Å². The number of aliphatic hydroxyl groups excluding tert-OH is 1. The summed E-state index contributed by atoms with van der Waals surface area (Å²) in [5, 5.41) is 22.7. The summed E-state index contributed by atoms with van der Waals surface area (Å²) in [5.74, 6) is -1.26. The third-order valence-electron chi connectivity index (χ3n) is 6.59. The standard InChI is InChI=1S/C27H31N3O7/c1-2-3-15-37-22-9-7-19(8-10-22)25(31)23-24(20-5-4-6-21(18-20)30(34)35)29(27(33)26(23)32)12-11-28-13-16-36-17-14-28/h4-10,18,24,31H,2-3,11-17H2,1H3/b25-23+. The number of Topliss-reactive ketones (excluding diaryl/α,β-unsaturated/α-hetero) is 1. The number of hydrogen-bond donors (Lipinski definition) is 1. The maximum absolute atomic E-state index is 13.2. The smallest absolute Gasteiger partial charge is 0.295 e. The fraction of sp³-hybridized carbons (Fsp3) is 0.407. The van der Waals surface area contributed by atoms with E-state index in [0.29, 0.717) is 56.3 Å². The number of benzene rings is 2. The van der Waals surface area contributed by atoms with E-state index in [0.717, 1.165) is 12.8 Å². The molecule has 0 radical (unpaired) electrons. The summed E-state index contributed by atoms with van der Waals surface area (Å²) >= 11 is 0. The summed E-state index contributed by atoms with van der Waals surface area (Å²) in [6.45, 7) is 5.96. The molecule has 2 aromatic carbocycles. The number of hydrogen-bond acceptors (Lipinski definition) is 8. The lowest BCUT2D eigenvalue weighted by Gasteiger charge is -2.31. The molecule has 2 aliphatic heterocycles. The van der Waals surface area contributed by atoms with Crippen molar-refractivity contribution in [2.75, 3.05) is 46.0 Å². The zero-order chi connectivity index (χ0) is 26.4. The average molecular weight is 510 g/mol. The van der Waals surface area contributed by atoms with Gasteiger partial charge in [0.2, 0.25) is 0 Å². The molecule has 2 aliphatic rings. The first-order valence-corrected chi connectivity index (χ1v) is 12.5. The van der Waals surface area contributed by atoms with E-state index in [1.807, 2.05) is 0 Å². The van der Waals surface area contributed by atoms with Gasteiger partial charge in [0.15, 0.2) is 0 Å². The lowest BCUT2D eigenvalue weighted by atomic mass is 9.95. The minimum atomic E-state index is -0.957. The quantitative estimate of drug-likeness (QED) is 0.129. The van der Waals surface area contributed by atoms with E-state index in [-0.39, 0.29) is 23.6 Å². The van der Waals surface area contributed by atoms with E-state index in [4.69, 9.17) is 9.47 Å². The molecule has 1 N–H and O–H groups in total. The average Bonchev–Trinajstić information content (AvgIpc) is 3.17. The molecular weight excluding hydrogens is 478 g/mol. The Morgan fingerprint density at radius 1 is 1.14 bits per heavy atom. The minimum absolute atomic E-state index is 0.0906. The Kier molecular flexibility index (Phi) is 8.52. The number of amides is 1. The van der Waals surface area contributed by atoms with E-state index in [1.165, 1.54) is 23.1 Å². The number of carbonyl (C=O) groups is 2. The minimum Gasteiger partial charge on any atom is -0.507 e. The van der Waals surface area contributed by atoms with Gasteiger partial charge in [-0.15, -0.1) is 0 Å². The van der Waals surface area contributed by atoms with Crippen molar-refractivity contribution >= 4 is 23.1 Å². The highest BCUT2D eigenvalue weighted by Crippen LogP contribution is 2.40. The summed E-state index contributed by atoms with van der Waals surface area (Å²) in [6, 6.07) is 11.5. The molecule has 4 rings (SSSR count). The fourth-order valence-electron chi connectivity index (χ4n) is 4.54. The molecule has 2 heterocycles. The number of non-ortho nitro benzene ring substituents is 1. The van der Waals surface area contributed by atoms with Crippen LogP contribution in [-0.4, -0.2) is 77.5 Å². The first-order chi connectivity index (χ1) is 17.9. The predicted octanol–water partition coefficient (Wildman–Crippen LogP) is 3.53. The van der Waals surface area contributed by atoms with Crippen molar-refractivity contribution in [2.24, 2.45) is 0 Å². The maximum atomic E-state index is 13.2. The molecule has 2 saturated heterocycles. The summed E-state index contributed by atoms with van der Waals surface area (Å²) in [6.07, 6.45) is 1.92. The van der Waals surface area contributed by atoms with E-state index in [1.54, 1.807) is 30.3 Å². The van der Waals surface area contributed by atoms with E-state index >= 15 is 0 Å². The number of ketones is 1. The van der Waals surface area contributed by atoms with Gasteiger partial charge in [0, 0.05) is 43.9 Å². The van der Waals surface area contributed by atoms with E-state index in [9.17, 15) is 24.8 Å². The maximum Gasteiger partial charge on any atom is 0.295 e. The van der Waals surface area contributed by atoms with Gasteiger partial charge in [-0.1, -0.05) is 25.5 Å². The molecule has 10 nitrogen and oxygen atoms in total. The number of unbranched alkanes of at least 4 members (excludes halogenated alkanes) is 1. The summed E-state index contributed by atoms with van der Waals surface area (Å²) in [7, 11) is 0. The zero-order valence-corrected chi connectivity index (χ0v) is 20.8. The van der Waals surface area contributed by atoms with Gasteiger partial charge in [-0.25, -0.2) is 0 Å². The monoisotopic (exact) mass is 509 g/mol. The molecule has 0 aromatic heterocycles. The Bertz CT molecular complexity index is 1170. The molecule has 1 amide bonds. The molecule has 1 unspecified atom stereocenters. The number of aliphatic hydroxyl groups is 1. The number of nitrogens with zero attached hydrogens (tertiary/aromatic N) is 3. The highest BCUT2D eigenvalue weighted by Gasteiger charge is 2.46. The largest absolute Gasteiger partial charge is 0.507 e. The van der Waals surface area contributed by atoms with Crippen LogP contribution in [-0.2, 0) is 14.3 Å². The van der Waals surface area contributed by atoms with Crippen LogP contribution in [0.3, 0.4) is 0 Å². The van der Waals surface area contributed by atoms with Gasteiger partial charge in [-0.2, -0.15) is 0 Å². The molecule has 0 aliphatic carbocycles. The van der Waals surface area contributed by atoms with Crippen molar-refractivity contribution in [2.45, 2.75) is 25.8 Å². The van der Waals surface area contributed by atoms with E-state index < -0.39 is 22.7 Å². The van der Waals surface area contributed by atoms with Gasteiger partial charge in [0.25, 0.3) is 17.4 Å². The second kappa shape index (κ2) is 12.0. The van der Waals surface area contributed by atoms with Crippen molar-refractivity contribution in [3.05, 3.63) is 75.3 Å². The number of rotatable bonds is 10. The zero-order valence-electron chi connectivity index (χ0n) is 20.8. The van der Waals surface area contributed by atoms with Crippen LogP contribution in [0.15, 0.2) is 54.1 Å². The second-order valence-corrected chi connectivity index (χ2v) is 9.02. The number of nitro benzene ring substituents is 1. The number of ether oxygens (including phenoxy) is 2. The van der Waals surface area contributed by atoms with Crippen LogP contribution in [0.4, 0.5) is 5.69 Å². The van der Waals surface area contributed by atoms with E-state index in [2.05, 4.69) is 11.8 Å².